The summed E-state index contributed by atoms with van der Waals surface area (Å²) in [5, 5.41) is 5.42. The van der Waals surface area contributed by atoms with E-state index in [9.17, 15) is 4.79 Å². The Morgan fingerprint density at radius 3 is 2.73 bits per heavy atom. The number of methoxy groups -OCH3 is 1. The molecule has 0 atom stereocenters. The fourth-order valence-electron chi connectivity index (χ4n) is 2.17. The minimum atomic E-state index is -0.154. The maximum atomic E-state index is 12.2. The van der Waals surface area contributed by atoms with Gasteiger partial charge >= 0.3 is 0 Å². The normalized spacial score (nSPS) is 11.0. The lowest BCUT2D eigenvalue weighted by Crippen LogP contribution is -2.31. The Morgan fingerprint density at radius 2 is 2.08 bits per heavy atom. The van der Waals surface area contributed by atoms with Crippen molar-refractivity contribution in [3.63, 3.8) is 0 Å². The molecule has 6 nitrogen and oxygen atoms in total. The van der Waals surface area contributed by atoms with Gasteiger partial charge in [0.15, 0.2) is 11.5 Å². The van der Waals surface area contributed by atoms with Crippen molar-refractivity contribution in [1.82, 2.24) is 15.2 Å². The number of hydrogen-bond acceptors (Lipinski definition) is 6. The first-order valence-corrected chi connectivity index (χ1v) is 9.48. The molecule has 0 saturated heterocycles. The molecule has 1 aromatic carbocycles. The van der Waals surface area contributed by atoms with Crippen LogP contribution in [-0.2, 0) is 0 Å². The number of benzene rings is 1. The van der Waals surface area contributed by atoms with Crippen LogP contribution in [0.4, 0.5) is 0 Å². The molecule has 1 N–H and O–H groups in total. The number of ether oxygens (including phenoxy) is 2. The average Bonchev–Trinajstić information content (AvgIpc) is 3.09. The summed E-state index contributed by atoms with van der Waals surface area (Å²) in [4.78, 5) is 18.6. The van der Waals surface area contributed by atoms with Crippen molar-refractivity contribution in [3.05, 3.63) is 29.3 Å². The molecule has 7 heteroatoms. The van der Waals surface area contributed by atoms with Gasteiger partial charge < -0.3 is 19.7 Å². The first-order chi connectivity index (χ1) is 12.4. The molecule has 1 amide bonds. The summed E-state index contributed by atoms with van der Waals surface area (Å²) in [5.74, 6) is 1.66. The number of nitrogens with zero attached hydrogens (tertiary/aromatic N) is 2. The molecule has 1 aromatic heterocycles. The summed E-state index contributed by atoms with van der Waals surface area (Å²) in [6.45, 7) is 6.21. The topological polar surface area (TPSA) is 63.7 Å². The Kier molecular flexibility index (Phi) is 7.41. The van der Waals surface area contributed by atoms with E-state index in [2.05, 4.69) is 24.1 Å². The monoisotopic (exact) mass is 377 g/mol. The Morgan fingerprint density at radius 1 is 1.31 bits per heavy atom. The number of carbonyl (C=O) groups is 1. The molecule has 0 radical (unpaired) electrons. The van der Waals surface area contributed by atoms with E-state index in [1.165, 1.54) is 11.3 Å². The van der Waals surface area contributed by atoms with E-state index in [1.54, 1.807) is 12.5 Å². The highest BCUT2D eigenvalue weighted by atomic mass is 32.1. The number of rotatable bonds is 9. The van der Waals surface area contributed by atoms with Crippen LogP contribution in [0.5, 0.6) is 11.5 Å². The number of thiazole rings is 1. The largest absolute Gasteiger partial charge is 0.493 e. The zero-order valence-electron chi connectivity index (χ0n) is 16.0. The highest BCUT2D eigenvalue weighted by Gasteiger charge is 2.14. The molecule has 0 spiro atoms. The number of hydrogen-bond donors (Lipinski definition) is 1. The van der Waals surface area contributed by atoms with Crippen LogP contribution in [0.3, 0.4) is 0 Å². The van der Waals surface area contributed by atoms with Crippen molar-refractivity contribution in [2.45, 2.75) is 13.8 Å². The van der Waals surface area contributed by atoms with E-state index in [0.29, 0.717) is 36.3 Å². The standard InChI is InChI=1S/C19H27N3O3S/c1-13(2)11-25-16-7-6-14(10-17(16)24-5)19-21-15(12-26-19)18(23)20-8-9-22(3)4/h6-7,10,12-13H,8-9,11H2,1-5H3,(H,20,23). The third-order valence-electron chi connectivity index (χ3n) is 3.56. The number of amides is 1. The molecule has 26 heavy (non-hydrogen) atoms. The van der Waals surface area contributed by atoms with Crippen LogP contribution in [-0.4, -0.2) is 56.7 Å². The molecule has 2 aromatic rings. The Bertz CT molecular complexity index is 729. The Hall–Kier alpha value is -2.12. The number of nitrogens with one attached hydrogen (secondary N) is 1. The fraction of sp³-hybridized carbons (Fsp3) is 0.474. The van der Waals surface area contributed by atoms with E-state index < -0.39 is 0 Å². The second kappa shape index (κ2) is 9.54. The molecule has 0 aliphatic heterocycles. The fourth-order valence-corrected chi connectivity index (χ4v) is 2.97. The van der Waals surface area contributed by atoms with Crippen molar-refractivity contribution < 1.29 is 14.3 Å². The maximum Gasteiger partial charge on any atom is 0.270 e. The van der Waals surface area contributed by atoms with Gasteiger partial charge in [-0.3, -0.25) is 4.79 Å². The summed E-state index contributed by atoms with van der Waals surface area (Å²) >= 11 is 1.44. The Labute approximate surface area is 159 Å². The molecule has 1 heterocycles. The first kappa shape index (κ1) is 20.2. The third-order valence-corrected chi connectivity index (χ3v) is 4.46. The van der Waals surface area contributed by atoms with Gasteiger partial charge in [-0.15, -0.1) is 11.3 Å². The SMILES string of the molecule is COc1cc(-c2nc(C(=O)NCCN(C)C)cs2)ccc1OCC(C)C. The van der Waals surface area contributed by atoms with E-state index in [0.717, 1.165) is 17.1 Å². The van der Waals surface area contributed by atoms with Crippen LogP contribution in [0.2, 0.25) is 0 Å². The zero-order valence-corrected chi connectivity index (χ0v) is 16.9. The van der Waals surface area contributed by atoms with E-state index in [4.69, 9.17) is 9.47 Å². The van der Waals surface area contributed by atoms with Gasteiger partial charge in [0.25, 0.3) is 5.91 Å². The molecule has 0 bridgehead atoms. The van der Waals surface area contributed by atoms with Gasteiger partial charge in [-0.1, -0.05) is 13.8 Å². The summed E-state index contributed by atoms with van der Waals surface area (Å²) in [6, 6.07) is 5.71. The molecule has 0 fully saturated rings. The summed E-state index contributed by atoms with van der Waals surface area (Å²) in [5.41, 5.74) is 1.33. The lowest BCUT2D eigenvalue weighted by molar-refractivity contribution is 0.0947. The smallest absolute Gasteiger partial charge is 0.270 e. The minimum Gasteiger partial charge on any atom is -0.493 e. The lowest BCUT2D eigenvalue weighted by atomic mass is 10.2. The zero-order chi connectivity index (χ0) is 19.1. The van der Waals surface area contributed by atoms with Crippen LogP contribution < -0.4 is 14.8 Å². The van der Waals surface area contributed by atoms with Gasteiger partial charge in [0.05, 0.1) is 13.7 Å². The summed E-state index contributed by atoms with van der Waals surface area (Å²) in [6.07, 6.45) is 0. The quantitative estimate of drug-likeness (QED) is 0.727. The van der Waals surface area contributed by atoms with Crippen LogP contribution in [0.15, 0.2) is 23.6 Å². The lowest BCUT2D eigenvalue weighted by Gasteiger charge is -2.13. The van der Waals surface area contributed by atoms with E-state index in [1.807, 2.05) is 37.2 Å². The summed E-state index contributed by atoms with van der Waals surface area (Å²) in [7, 11) is 5.55. The molecule has 2 rings (SSSR count). The molecule has 0 aliphatic rings. The van der Waals surface area contributed by atoms with Crippen molar-refractivity contribution in [2.24, 2.45) is 5.92 Å². The van der Waals surface area contributed by atoms with Crippen LogP contribution in [0.25, 0.3) is 10.6 Å². The molecular weight excluding hydrogens is 350 g/mol. The minimum absolute atomic E-state index is 0.154. The molecule has 0 saturated carbocycles. The first-order valence-electron chi connectivity index (χ1n) is 8.60. The van der Waals surface area contributed by atoms with E-state index >= 15 is 0 Å². The van der Waals surface area contributed by atoms with Crippen molar-refractivity contribution >= 4 is 17.2 Å². The number of carbonyl (C=O) groups excluding carboxylic acids is 1. The van der Waals surface area contributed by atoms with Crippen molar-refractivity contribution in [1.29, 1.82) is 0 Å². The van der Waals surface area contributed by atoms with Gasteiger partial charge in [0.2, 0.25) is 0 Å². The van der Waals surface area contributed by atoms with Gasteiger partial charge in [-0.2, -0.15) is 0 Å². The van der Waals surface area contributed by atoms with Gasteiger partial charge in [0.1, 0.15) is 10.7 Å². The van der Waals surface area contributed by atoms with E-state index in [-0.39, 0.29) is 5.91 Å². The number of aromatic nitrogens is 1. The van der Waals surface area contributed by atoms with Gasteiger partial charge in [-0.25, -0.2) is 4.98 Å². The predicted octanol–water partition coefficient (Wildman–Crippen LogP) is 3.14. The van der Waals surface area contributed by atoms with Crippen molar-refractivity contribution in [2.75, 3.05) is 40.9 Å². The van der Waals surface area contributed by atoms with Crippen LogP contribution >= 0.6 is 11.3 Å². The van der Waals surface area contributed by atoms with Crippen LogP contribution in [0, 0.1) is 5.92 Å². The second-order valence-corrected chi connectivity index (χ2v) is 7.53. The Balaban J connectivity index is 2.09. The highest BCUT2D eigenvalue weighted by molar-refractivity contribution is 7.13. The third kappa shape index (κ3) is 5.71. The second-order valence-electron chi connectivity index (χ2n) is 6.67. The molecule has 142 valence electrons. The molecule has 0 aliphatic carbocycles. The van der Waals surface area contributed by atoms with Gasteiger partial charge in [-0.05, 0) is 38.2 Å². The predicted molar refractivity (Wildman–Crippen MR) is 105 cm³/mol. The van der Waals surface area contributed by atoms with Crippen molar-refractivity contribution in [3.8, 4) is 22.1 Å². The summed E-state index contributed by atoms with van der Waals surface area (Å²) < 4.78 is 11.2. The number of likely N-dealkylation sites (N-methyl/N-ethyl adjacent to an activating group) is 1. The van der Waals surface area contributed by atoms with Crippen LogP contribution in [0.1, 0.15) is 24.3 Å². The van der Waals surface area contributed by atoms with Gasteiger partial charge in [0, 0.05) is 24.0 Å². The highest BCUT2D eigenvalue weighted by Crippen LogP contribution is 2.34. The average molecular weight is 378 g/mol. The maximum absolute atomic E-state index is 12.2. The molecular formula is C19H27N3O3S. The molecule has 0 unspecified atom stereocenters.